The number of H-pyrrole nitrogens is 1. The van der Waals surface area contributed by atoms with E-state index in [0.29, 0.717) is 59.5 Å². The minimum atomic E-state index is -0.221. The molecule has 5 rings (SSSR count). The molecule has 2 aromatic carbocycles. The number of anilines is 2. The van der Waals surface area contributed by atoms with Gasteiger partial charge in [0.1, 0.15) is 0 Å². The van der Waals surface area contributed by atoms with Crippen molar-refractivity contribution in [3.05, 3.63) is 95.9 Å². The van der Waals surface area contributed by atoms with Gasteiger partial charge in [-0.25, -0.2) is 4.98 Å². The van der Waals surface area contributed by atoms with Crippen molar-refractivity contribution >= 4 is 57.4 Å². The summed E-state index contributed by atoms with van der Waals surface area (Å²) in [6.45, 7) is 1.74. The summed E-state index contributed by atoms with van der Waals surface area (Å²) in [7, 11) is 1.88. The van der Waals surface area contributed by atoms with E-state index in [0.717, 1.165) is 22.5 Å². The monoisotopic (exact) mass is 589 g/mol. The third-order valence-corrected chi connectivity index (χ3v) is 6.97. The van der Waals surface area contributed by atoms with Crippen molar-refractivity contribution in [1.29, 1.82) is 0 Å². The second kappa shape index (κ2) is 12.9. The summed E-state index contributed by atoms with van der Waals surface area (Å²) in [5, 5.41) is 5.87. The van der Waals surface area contributed by atoms with Crippen LogP contribution in [0.3, 0.4) is 0 Å². The van der Waals surface area contributed by atoms with Crippen LogP contribution in [0.5, 0.6) is 0 Å². The lowest BCUT2D eigenvalue weighted by atomic mass is 10.1. The van der Waals surface area contributed by atoms with E-state index in [1.165, 1.54) is 0 Å². The van der Waals surface area contributed by atoms with Gasteiger partial charge in [-0.1, -0.05) is 6.07 Å². The Bertz CT molecular complexity index is 1640. The Morgan fingerprint density at radius 2 is 1.73 bits per heavy atom. The average molecular weight is 591 g/mol. The van der Waals surface area contributed by atoms with Crippen molar-refractivity contribution in [1.82, 2.24) is 24.8 Å². The van der Waals surface area contributed by atoms with Crippen molar-refractivity contribution in [3.63, 3.8) is 0 Å². The molecular weight excluding hydrogens is 561 g/mol. The van der Waals surface area contributed by atoms with Crippen LogP contribution in [0.4, 0.5) is 11.4 Å². The highest BCUT2D eigenvalue weighted by atomic mass is 35.5. The summed E-state index contributed by atoms with van der Waals surface area (Å²) in [6.07, 6.45) is 5.24. The van der Waals surface area contributed by atoms with Crippen LogP contribution in [0, 0.1) is 0 Å². The molecule has 0 radical (unpaired) electrons. The van der Waals surface area contributed by atoms with E-state index in [4.69, 9.17) is 28.2 Å². The number of pyridine rings is 1. The number of alkyl halides is 2. The largest absolute Gasteiger partial charge is 0.369 e. The van der Waals surface area contributed by atoms with Gasteiger partial charge in [0.15, 0.2) is 5.82 Å². The molecular formula is C30H29Cl2N7O2. The van der Waals surface area contributed by atoms with Crippen LogP contribution in [-0.4, -0.2) is 56.2 Å². The Balaban J connectivity index is 1.27. The number of amides is 2. The maximum absolute atomic E-state index is 12.9. The molecule has 0 atom stereocenters. The lowest BCUT2D eigenvalue weighted by Crippen LogP contribution is -2.27. The fraction of sp³-hybridized carbons (Fsp3) is 0.200. The molecule has 0 spiro atoms. The number of carbonyl (C=O) groups is 2. The van der Waals surface area contributed by atoms with Gasteiger partial charge in [-0.15, -0.1) is 23.2 Å². The minimum Gasteiger partial charge on any atom is -0.369 e. The quantitative estimate of drug-likeness (QED) is 0.178. The van der Waals surface area contributed by atoms with E-state index >= 15 is 0 Å². The third-order valence-electron chi connectivity index (χ3n) is 6.63. The zero-order valence-corrected chi connectivity index (χ0v) is 23.9. The SMILES string of the molecule is Cn1cc(NC(=O)c2ccc(N(CCCl)CCCl)cc2)cc1-c1nc2cc(C(=O)NCc3cccnc3)ccc2[nH]1. The standard InChI is InChI=1S/C30H29Cl2N7O2/c1-38-19-23(35-30(41)21-4-7-24(8-5-21)39(13-10-31)14-11-32)16-27(38)28-36-25-9-6-22(15-26(25)37-28)29(40)34-18-20-3-2-12-33-17-20/h2-9,12,15-17,19H,10-11,13-14,18H2,1H3,(H,34,40)(H,35,41)(H,36,37). The van der Waals surface area contributed by atoms with Gasteiger partial charge >= 0.3 is 0 Å². The van der Waals surface area contributed by atoms with E-state index in [9.17, 15) is 9.59 Å². The number of fused-ring (bicyclic) bond motifs is 1. The van der Waals surface area contributed by atoms with Gasteiger partial charge in [-0.3, -0.25) is 14.6 Å². The first-order valence-corrected chi connectivity index (χ1v) is 14.1. The number of hydrogen-bond acceptors (Lipinski definition) is 5. The molecule has 210 valence electrons. The van der Waals surface area contributed by atoms with Crippen molar-refractivity contribution in [2.45, 2.75) is 6.54 Å². The smallest absolute Gasteiger partial charge is 0.255 e. The number of halogens is 2. The van der Waals surface area contributed by atoms with Gasteiger partial charge in [0.25, 0.3) is 11.8 Å². The van der Waals surface area contributed by atoms with Crippen molar-refractivity contribution in [3.8, 4) is 11.5 Å². The zero-order valence-electron chi connectivity index (χ0n) is 22.4. The lowest BCUT2D eigenvalue weighted by Gasteiger charge is -2.22. The number of nitrogens with one attached hydrogen (secondary N) is 3. The van der Waals surface area contributed by atoms with Crippen LogP contribution < -0.4 is 15.5 Å². The molecule has 9 nitrogen and oxygen atoms in total. The molecule has 5 aromatic rings. The van der Waals surface area contributed by atoms with E-state index < -0.39 is 0 Å². The fourth-order valence-electron chi connectivity index (χ4n) is 4.52. The van der Waals surface area contributed by atoms with Crippen LogP contribution in [0.15, 0.2) is 79.3 Å². The van der Waals surface area contributed by atoms with Gasteiger partial charge in [0, 0.05) is 73.8 Å². The maximum Gasteiger partial charge on any atom is 0.255 e. The molecule has 0 aliphatic heterocycles. The molecule has 41 heavy (non-hydrogen) atoms. The van der Waals surface area contributed by atoms with Crippen LogP contribution in [0.2, 0.25) is 0 Å². The van der Waals surface area contributed by atoms with Crippen molar-refractivity contribution < 1.29 is 9.59 Å². The highest BCUT2D eigenvalue weighted by molar-refractivity contribution is 6.18. The minimum absolute atomic E-state index is 0.192. The van der Waals surface area contributed by atoms with Crippen LogP contribution >= 0.6 is 23.2 Å². The summed E-state index contributed by atoms with van der Waals surface area (Å²) in [4.78, 5) is 39.8. The Hall–Kier alpha value is -4.34. The van der Waals surface area contributed by atoms with Crippen molar-refractivity contribution in [2.75, 3.05) is 35.1 Å². The van der Waals surface area contributed by atoms with E-state index in [1.54, 1.807) is 36.7 Å². The predicted molar refractivity (Wildman–Crippen MR) is 164 cm³/mol. The van der Waals surface area contributed by atoms with E-state index in [1.807, 2.05) is 54.2 Å². The third kappa shape index (κ3) is 6.70. The van der Waals surface area contributed by atoms with Crippen molar-refractivity contribution in [2.24, 2.45) is 7.05 Å². The number of aromatic nitrogens is 4. The lowest BCUT2D eigenvalue weighted by molar-refractivity contribution is 0.0950. The van der Waals surface area contributed by atoms with Crippen LogP contribution in [-0.2, 0) is 13.6 Å². The molecule has 2 amide bonds. The van der Waals surface area contributed by atoms with Gasteiger partial charge in [-0.05, 0) is 60.2 Å². The maximum atomic E-state index is 12.9. The molecule has 0 saturated carbocycles. The summed E-state index contributed by atoms with van der Waals surface area (Å²) < 4.78 is 1.88. The number of hydrogen-bond donors (Lipinski definition) is 3. The van der Waals surface area contributed by atoms with E-state index in [-0.39, 0.29) is 11.8 Å². The van der Waals surface area contributed by atoms with Crippen LogP contribution in [0.25, 0.3) is 22.6 Å². The Morgan fingerprint density at radius 3 is 2.44 bits per heavy atom. The number of aromatic amines is 1. The number of aryl methyl sites for hydroxylation is 1. The second-order valence-corrected chi connectivity index (χ2v) is 10.2. The summed E-state index contributed by atoms with van der Waals surface area (Å²) in [5.74, 6) is 1.19. The Labute approximate surface area is 247 Å². The number of benzene rings is 2. The molecule has 0 fully saturated rings. The highest BCUT2D eigenvalue weighted by Crippen LogP contribution is 2.26. The molecule has 0 bridgehead atoms. The predicted octanol–water partition coefficient (Wildman–Crippen LogP) is 5.43. The molecule has 11 heteroatoms. The molecule has 3 heterocycles. The zero-order chi connectivity index (χ0) is 28.8. The number of carbonyl (C=O) groups excluding carboxylic acids is 2. The average Bonchev–Trinajstić information content (AvgIpc) is 3.58. The molecule has 3 aromatic heterocycles. The summed E-state index contributed by atoms with van der Waals surface area (Å²) >= 11 is 11.8. The molecule has 3 N–H and O–H groups in total. The normalized spacial score (nSPS) is 11.0. The van der Waals surface area contributed by atoms with E-state index in [2.05, 4.69) is 25.5 Å². The highest BCUT2D eigenvalue weighted by Gasteiger charge is 2.15. The number of imidazole rings is 1. The van der Waals surface area contributed by atoms with Gasteiger partial charge < -0.3 is 25.1 Å². The molecule has 0 aliphatic carbocycles. The molecule has 0 unspecified atom stereocenters. The summed E-state index contributed by atoms with van der Waals surface area (Å²) in [6, 6.07) is 18.3. The summed E-state index contributed by atoms with van der Waals surface area (Å²) in [5.41, 5.74) is 5.82. The second-order valence-electron chi connectivity index (χ2n) is 9.45. The first-order chi connectivity index (χ1) is 19.9. The Kier molecular flexibility index (Phi) is 8.86. The molecule has 0 saturated heterocycles. The first kappa shape index (κ1) is 28.2. The topological polar surface area (TPSA) is 108 Å². The Morgan fingerprint density at radius 1 is 0.976 bits per heavy atom. The molecule has 0 aliphatic rings. The number of nitrogens with zero attached hydrogens (tertiary/aromatic N) is 4. The van der Waals surface area contributed by atoms with Gasteiger partial charge in [-0.2, -0.15) is 0 Å². The number of rotatable bonds is 11. The van der Waals surface area contributed by atoms with Crippen LogP contribution in [0.1, 0.15) is 26.3 Å². The first-order valence-electron chi connectivity index (χ1n) is 13.1. The van der Waals surface area contributed by atoms with Gasteiger partial charge in [0.2, 0.25) is 0 Å². The van der Waals surface area contributed by atoms with Gasteiger partial charge in [0.05, 0.1) is 22.4 Å². The fourth-order valence-corrected chi connectivity index (χ4v) is 4.93.